The fourth-order valence-electron chi connectivity index (χ4n) is 2.49. The summed E-state index contributed by atoms with van der Waals surface area (Å²) in [6.45, 7) is 4.17. The average molecular weight is 220 g/mol. The second-order valence-corrected chi connectivity index (χ2v) is 4.49. The minimum Gasteiger partial charge on any atom is -0.333 e. The van der Waals surface area contributed by atoms with Crippen LogP contribution in [0.15, 0.2) is 12.4 Å². The van der Waals surface area contributed by atoms with E-state index in [9.17, 15) is 4.79 Å². The van der Waals surface area contributed by atoms with Gasteiger partial charge in [-0.2, -0.15) is 0 Å². The highest BCUT2D eigenvalue weighted by atomic mass is 16.2. The van der Waals surface area contributed by atoms with Gasteiger partial charge >= 0.3 is 0 Å². The lowest BCUT2D eigenvalue weighted by Crippen LogP contribution is -2.42. The number of hydrogen-bond acceptors (Lipinski definition) is 3. The zero-order valence-electron chi connectivity index (χ0n) is 9.22. The van der Waals surface area contributed by atoms with E-state index < -0.39 is 0 Å². The lowest BCUT2D eigenvalue weighted by Gasteiger charge is -2.29. The van der Waals surface area contributed by atoms with E-state index >= 15 is 0 Å². The second-order valence-electron chi connectivity index (χ2n) is 4.49. The molecule has 0 aliphatic carbocycles. The van der Waals surface area contributed by atoms with Crippen LogP contribution in [0.5, 0.6) is 0 Å². The molecule has 1 N–H and O–H groups in total. The summed E-state index contributed by atoms with van der Waals surface area (Å²) in [5.74, 6) is 1.48. The number of aromatic nitrogens is 2. The number of nitrogens with zero attached hydrogens (tertiary/aromatic N) is 3. The Bertz CT molecular complexity index is 394. The quantitative estimate of drug-likeness (QED) is 0.715. The van der Waals surface area contributed by atoms with Crippen molar-refractivity contribution in [3.63, 3.8) is 0 Å². The van der Waals surface area contributed by atoms with Crippen LogP contribution in [-0.4, -0.2) is 40.0 Å². The van der Waals surface area contributed by atoms with E-state index in [2.05, 4.69) is 14.9 Å². The minimum absolute atomic E-state index is 0.182. The van der Waals surface area contributed by atoms with Crippen molar-refractivity contribution < 1.29 is 4.79 Å². The molecule has 0 aromatic carbocycles. The Balaban J connectivity index is 1.71. The Morgan fingerprint density at radius 2 is 2.44 bits per heavy atom. The molecule has 1 saturated heterocycles. The third kappa shape index (κ3) is 1.61. The molecule has 3 rings (SSSR count). The van der Waals surface area contributed by atoms with Crippen LogP contribution in [0.3, 0.4) is 0 Å². The van der Waals surface area contributed by atoms with E-state index in [1.165, 1.54) is 0 Å². The van der Waals surface area contributed by atoms with Gasteiger partial charge in [-0.05, 0) is 13.0 Å². The summed E-state index contributed by atoms with van der Waals surface area (Å²) in [7, 11) is 0. The molecule has 2 aliphatic heterocycles. The summed E-state index contributed by atoms with van der Waals surface area (Å²) in [6, 6.07) is 0. The second kappa shape index (κ2) is 3.90. The zero-order chi connectivity index (χ0) is 11.0. The Morgan fingerprint density at radius 1 is 1.50 bits per heavy atom. The van der Waals surface area contributed by atoms with E-state index in [0.29, 0.717) is 12.5 Å². The highest BCUT2D eigenvalue weighted by Gasteiger charge is 2.29. The molecule has 16 heavy (non-hydrogen) atoms. The Kier molecular flexibility index (Phi) is 2.40. The normalized spacial score (nSPS) is 24.5. The van der Waals surface area contributed by atoms with Gasteiger partial charge in [-0.3, -0.25) is 4.79 Å². The minimum atomic E-state index is 0.182. The topological polar surface area (TPSA) is 50.2 Å². The molecule has 5 nitrogen and oxygen atoms in total. The average Bonchev–Trinajstić information content (AvgIpc) is 2.98. The summed E-state index contributed by atoms with van der Waals surface area (Å²) < 4.78 is 2.12. The SMILES string of the molecule is O=C(C1CCNC1)N1CCn2ccnc2C1. The lowest BCUT2D eigenvalue weighted by molar-refractivity contribution is -0.136. The molecule has 1 amide bonds. The molecule has 1 fully saturated rings. The van der Waals surface area contributed by atoms with Crippen LogP contribution in [0, 0.1) is 5.92 Å². The molecular formula is C11H16N4O. The summed E-state index contributed by atoms with van der Waals surface area (Å²) in [4.78, 5) is 18.4. The Hall–Kier alpha value is -1.36. The van der Waals surface area contributed by atoms with Crippen molar-refractivity contribution in [2.75, 3.05) is 19.6 Å². The van der Waals surface area contributed by atoms with Gasteiger partial charge in [-0.1, -0.05) is 0 Å². The van der Waals surface area contributed by atoms with Crippen LogP contribution >= 0.6 is 0 Å². The monoisotopic (exact) mass is 220 g/mol. The van der Waals surface area contributed by atoms with Crippen LogP contribution in [0.1, 0.15) is 12.2 Å². The first kappa shape index (κ1) is 9.84. The van der Waals surface area contributed by atoms with E-state index in [1.54, 1.807) is 6.20 Å². The van der Waals surface area contributed by atoms with Crippen LogP contribution < -0.4 is 5.32 Å². The van der Waals surface area contributed by atoms with Gasteiger partial charge < -0.3 is 14.8 Å². The van der Waals surface area contributed by atoms with Crippen molar-refractivity contribution in [3.8, 4) is 0 Å². The van der Waals surface area contributed by atoms with Crippen molar-refractivity contribution in [1.82, 2.24) is 19.8 Å². The van der Waals surface area contributed by atoms with Gasteiger partial charge in [0, 0.05) is 32.0 Å². The van der Waals surface area contributed by atoms with E-state index in [4.69, 9.17) is 0 Å². The molecule has 1 atom stereocenters. The molecule has 5 heteroatoms. The number of imidazole rings is 1. The van der Waals surface area contributed by atoms with Gasteiger partial charge in [-0.25, -0.2) is 4.98 Å². The number of amides is 1. The van der Waals surface area contributed by atoms with Gasteiger partial charge in [0.25, 0.3) is 0 Å². The maximum absolute atomic E-state index is 12.2. The summed E-state index contributed by atoms with van der Waals surface area (Å²) in [5, 5.41) is 3.24. The highest BCUT2D eigenvalue weighted by molar-refractivity contribution is 5.79. The molecule has 2 aliphatic rings. The number of fused-ring (bicyclic) bond motifs is 1. The number of carbonyl (C=O) groups is 1. The number of carbonyl (C=O) groups excluding carboxylic acids is 1. The molecule has 0 radical (unpaired) electrons. The molecular weight excluding hydrogens is 204 g/mol. The predicted molar refractivity (Wildman–Crippen MR) is 58.6 cm³/mol. The maximum Gasteiger partial charge on any atom is 0.227 e. The summed E-state index contributed by atoms with van der Waals surface area (Å²) >= 11 is 0. The number of nitrogens with one attached hydrogen (secondary N) is 1. The van der Waals surface area contributed by atoms with Crippen LogP contribution in [0.2, 0.25) is 0 Å². The van der Waals surface area contributed by atoms with Crippen molar-refractivity contribution in [2.24, 2.45) is 5.92 Å². The van der Waals surface area contributed by atoms with E-state index in [-0.39, 0.29) is 5.92 Å². The Labute approximate surface area is 94.4 Å². The molecule has 1 unspecified atom stereocenters. The smallest absolute Gasteiger partial charge is 0.227 e. The molecule has 0 saturated carbocycles. The van der Waals surface area contributed by atoms with Crippen LogP contribution in [0.4, 0.5) is 0 Å². The van der Waals surface area contributed by atoms with Crippen molar-refractivity contribution in [3.05, 3.63) is 18.2 Å². The van der Waals surface area contributed by atoms with Crippen molar-refractivity contribution in [1.29, 1.82) is 0 Å². The maximum atomic E-state index is 12.2. The third-order valence-corrected chi connectivity index (χ3v) is 3.47. The van der Waals surface area contributed by atoms with Gasteiger partial charge in [0.05, 0.1) is 12.5 Å². The number of hydrogen-bond donors (Lipinski definition) is 1. The Morgan fingerprint density at radius 3 is 3.25 bits per heavy atom. The molecule has 3 heterocycles. The largest absolute Gasteiger partial charge is 0.333 e. The fourth-order valence-corrected chi connectivity index (χ4v) is 2.49. The molecule has 1 aromatic rings. The van der Waals surface area contributed by atoms with Crippen molar-refractivity contribution >= 4 is 5.91 Å². The molecule has 86 valence electrons. The molecule has 0 bridgehead atoms. The fraction of sp³-hybridized carbons (Fsp3) is 0.636. The van der Waals surface area contributed by atoms with Gasteiger partial charge in [0.1, 0.15) is 5.82 Å². The third-order valence-electron chi connectivity index (χ3n) is 3.47. The lowest BCUT2D eigenvalue weighted by atomic mass is 10.1. The van der Waals surface area contributed by atoms with Gasteiger partial charge in [0.15, 0.2) is 0 Å². The molecule has 1 aromatic heterocycles. The standard InChI is InChI=1S/C11H16N4O/c16-11(9-1-2-12-7-9)15-6-5-14-4-3-13-10(14)8-15/h3-4,9,12H,1-2,5-8H2. The van der Waals surface area contributed by atoms with Crippen LogP contribution in [-0.2, 0) is 17.9 Å². The summed E-state index contributed by atoms with van der Waals surface area (Å²) in [6.07, 6.45) is 4.76. The first-order valence-corrected chi connectivity index (χ1v) is 5.84. The van der Waals surface area contributed by atoms with Crippen molar-refractivity contribution in [2.45, 2.75) is 19.5 Å². The highest BCUT2D eigenvalue weighted by Crippen LogP contribution is 2.16. The summed E-state index contributed by atoms with van der Waals surface area (Å²) in [5.41, 5.74) is 0. The van der Waals surface area contributed by atoms with E-state index in [0.717, 1.165) is 38.4 Å². The molecule has 0 spiro atoms. The zero-order valence-corrected chi connectivity index (χ0v) is 9.22. The first-order valence-electron chi connectivity index (χ1n) is 5.84. The van der Waals surface area contributed by atoms with E-state index in [1.807, 2.05) is 11.1 Å². The predicted octanol–water partition coefficient (Wildman–Crippen LogP) is -0.165. The van der Waals surface area contributed by atoms with Gasteiger partial charge in [0.2, 0.25) is 5.91 Å². The van der Waals surface area contributed by atoms with Crippen LogP contribution in [0.25, 0.3) is 0 Å². The first-order chi connectivity index (χ1) is 7.84. The number of rotatable bonds is 1. The van der Waals surface area contributed by atoms with Gasteiger partial charge in [-0.15, -0.1) is 0 Å².